The third-order valence-corrected chi connectivity index (χ3v) is 2.30. The van der Waals surface area contributed by atoms with E-state index in [1.165, 1.54) is 0 Å². The van der Waals surface area contributed by atoms with Gasteiger partial charge in [0.25, 0.3) is 0 Å². The molecule has 0 aromatic carbocycles. The minimum Gasteiger partial charge on any atom is -0.495 e. The number of ether oxygens (including phenoxy) is 1. The van der Waals surface area contributed by atoms with Crippen LogP contribution in [0.5, 0.6) is 5.75 Å². The van der Waals surface area contributed by atoms with Crippen LogP contribution in [0.4, 0.5) is 0 Å². The molecule has 2 N–H and O–H groups in total. The Hall–Kier alpha value is -1.62. The van der Waals surface area contributed by atoms with Crippen molar-refractivity contribution in [2.45, 2.75) is 19.3 Å². The molecule has 0 aliphatic heterocycles. The number of pyridine rings is 1. The van der Waals surface area contributed by atoms with Crippen molar-refractivity contribution in [1.82, 2.24) is 10.3 Å². The van der Waals surface area contributed by atoms with Crippen LogP contribution in [0.2, 0.25) is 0 Å². The highest BCUT2D eigenvalue weighted by Gasteiger charge is 2.02. The third-order valence-electron chi connectivity index (χ3n) is 2.30. The van der Waals surface area contributed by atoms with Gasteiger partial charge in [0.15, 0.2) is 0 Å². The van der Waals surface area contributed by atoms with E-state index in [1.807, 2.05) is 6.07 Å². The molecule has 5 nitrogen and oxygen atoms in total. The Morgan fingerprint density at radius 1 is 1.53 bits per heavy atom. The largest absolute Gasteiger partial charge is 0.495 e. The molecule has 1 heterocycles. The van der Waals surface area contributed by atoms with E-state index in [2.05, 4.69) is 10.3 Å². The summed E-state index contributed by atoms with van der Waals surface area (Å²) in [4.78, 5) is 15.4. The van der Waals surface area contributed by atoms with Crippen molar-refractivity contribution in [2.75, 3.05) is 20.3 Å². The number of hydrogen-bond acceptors (Lipinski definition) is 4. The van der Waals surface area contributed by atoms with Gasteiger partial charge in [0.05, 0.1) is 13.3 Å². The van der Waals surface area contributed by atoms with E-state index in [4.69, 9.17) is 9.84 Å². The molecule has 17 heavy (non-hydrogen) atoms. The number of amides is 1. The van der Waals surface area contributed by atoms with Crippen LogP contribution in [0.3, 0.4) is 0 Å². The fraction of sp³-hybridized carbons (Fsp3) is 0.500. The van der Waals surface area contributed by atoms with Crippen LogP contribution in [0, 0.1) is 0 Å². The second-order valence-electron chi connectivity index (χ2n) is 3.66. The van der Waals surface area contributed by atoms with E-state index >= 15 is 0 Å². The number of carbonyl (C=O) groups excluding carboxylic acids is 1. The van der Waals surface area contributed by atoms with Gasteiger partial charge in [0.1, 0.15) is 5.75 Å². The monoisotopic (exact) mass is 238 g/mol. The zero-order valence-electron chi connectivity index (χ0n) is 9.98. The molecule has 0 aliphatic rings. The van der Waals surface area contributed by atoms with Gasteiger partial charge in [0.2, 0.25) is 5.91 Å². The number of hydrogen-bond donors (Lipinski definition) is 2. The van der Waals surface area contributed by atoms with Crippen molar-refractivity contribution in [3.05, 3.63) is 24.0 Å². The highest BCUT2D eigenvalue weighted by Crippen LogP contribution is 2.11. The summed E-state index contributed by atoms with van der Waals surface area (Å²) in [5.41, 5.74) is 0.974. The first-order valence-electron chi connectivity index (χ1n) is 5.61. The highest BCUT2D eigenvalue weighted by atomic mass is 16.5. The summed E-state index contributed by atoms with van der Waals surface area (Å²) in [6.45, 7) is 0.617. The van der Waals surface area contributed by atoms with Crippen LogP contribution in [0.25, 0.3) is 0 Å². The molecular weight excluding hydrogens is 220 g/mol. The first kappa shape index (κ1) is 13.4. The molecule has 0 unspecified atom stereocenters. The fourth-order valence-corrected chi connectivity index (χ4v) is 1.37. The zero-order chi connectivity index (χ0) is 12.5. The van der Waals surface area contributed by atoms with E-state index in [-0.39, 0.29) is 12.5 Å². The summed E-state index contributed by atoms with van der Waals surface area (Å²) in [7, 11) is 1.59. The van der Waals surface area contributed by atoms with Gasteiger partial charge < -0.3 is 15.2 Å². The number of methoxy groups -OCH3 is 1. The molecule has 0 fully saturated rings. The molecule has 0 saturated heterocycles. The first-order valence-corrected chi connectivity index (χ1v) is 5.61. The van der Waals surface area contributed by atoms with Crippen molar-refractivity contribution in [1.29, 1.82) is 0 Å². The minimum atomic E-state index is -0.0127. The van der Waals surface area contributed by atoms with Gasteiger partial charge in [-0.3, -0.25) is 9.78 Å². The predicted molar refractivity (Wildman–Crippen MR) is 63.8 cm³/mol. The Bertz CT molecular complexity index is 355. The molecule has 0 bridgehead atoms. The molecule has 0 aliphatic carbocycles. The lowest BCUT2D eigenvalue weighted by Gasteiger charge is -2.05. The summed E-state index contributed by atoms with van der Waals surface area (Å²) in [6, 6.07) is 1.87. The van der Waals surface area contributed by atoms with Crippen LogP contribution >= 0.6 is 0 Å². The number of aromatic nitrogens is 1. The molecule has 0 saturated carbocycles. The molecule has 1 amide bonds. The van der Waals surface area contributed by atoms with Crippen molar-refractivity contribution in [2.24, 2.45) is 0 Å². The molecule has 0 atom stereocenters. The van der Waals surface area contributed by atoms with Crippen molar-refractivity contribution in [3.63, 3.8) is 0 Å². The van der Waals surface area contributed by atoms with Gasteiger partial charge in [-0.15, -0.1) is 0 Å². The number of aryl methyl sites for hydroxylation is 1. The van der Waals surface area contributed by atoms with Crippen LogP contribution in [0.1, 0.15) is 18.4 Å². The Kier molecular flexibility index (Phi) is 6.03. The Morgan fingerprint density at radius 3 is 3.06 bits per heavy atom. The average molecular weight is 238 g/mol. The summed E-state index contributed by atoms with van der Waals surface area (Å²) in [5, 5.41) is 11.3. The van der Waals surface area contributed by atoms with E-state index in [0.29, 0.717) is 31.6 Å². The van der Waals surface area contributed by atoms with E-state index in [9.17, 15) is 4.79 Å². The second-order valence-corrected chi connectivity index (χ2v) is 3.66. The molecule has 0 radical (unpaired) electrons. The summed E-state index contributed by atoms with van der Waals surface area (Å²) < 4.78 is 5.05. The smallest absolute Gasteiger partial charge is 0.220 e. The van der Waals surface area contributed by atoms with E-state index in [0.717, 1.165) is 5.56 Å². The number of rotatable bonds is 7. The normalized spacial score (nSPS) is 10.0. The Balaban J connectivity index is 2.31. The number of nitrogens with one attached hydrogen (secondary N) is 1. The number of carbonyl (C=O) groups is 1. The van der Waals surface area contributed by atoms with Gasteiger partial charge in [0, 0.05) is 25.8 Å². The molecule has 1 aromatic heterocycles. The lowest BCUT2D eigenvalue weighted by Crippen LogP contribution is -2.25. The Morgan fingerprint density at radius 2 is 2.35 bits per heavy atom. The van der Waals surface area contributed by atoms with Gasteiger partial charge in [-0.2, -0.15) is 0 Å². The molecule has 5 heteroatoms. The zero-order valence-corrected chi connectivity index (χ0v) is 9.98. The molecule has 1 rings (SSSR count). The lowest BCUT2D eigenvalue weighted by atomic mass is 10.1. The van der Waals surface area contributed by atoms with Crippen LogP contribution in [-0.2, 0) is 11.2 Å². The lowest BCUT2D eigenvalue weighted by molar-refractivity contribution is -0.121. The number of aliphatic hydroxyl groups is 1. The fourth-order valence-electron chi connectivity index (χ4n) is 1.37. The summed E-state index contributed by atoms with van der Waals surface area (Å²) in [6.07, 6.45) is 5.00. The van der Waals surface area contributed by atoms with Crippen molar-refractivity contribution < 1.29 is 14.6 Å². The Labute approximate surface area is 101 Å². The van der Waals surface area contributed by atoms with Gasteiger partial charge in [-0.05, 0) is 24.5 Å². The molecular formula is C12H18N2O3. The topological polar surface area (TPSA) is 71.5 Å². The number of nitrogens with zero attached hydrogens (tertiary/aromatic N) is 1. The molecule has 0 spiro atoms. The standard InChI is InChI=1S/C12H18N2O3/c1-17-11-7-10(8-13-9-11)3-4-12(16)14-5-2-6-15/h7-9,15H,2-6H2,1H3,(H,14,16). The molecule has 94 valence electrons. The third kappa shape index (κ3) is 5.31. The SMILES string of the molecule is COc1cncc(CCC(=O)NCCCO)c1. The minimum absolute atomic E-state index is 0.0127. The summed E-state index contributed by atoms with van der Waals surface area (Å²) >= 11 is 0. The van der Waals surface area contributed by atoms with Gasteiger partial charge >= 0.3 is 0 Å². The predicted octanol–water partition coefficient (Wildman–Crippen LogP) is 0.521. The van der Waals surface area contributed by atoms with Crippen molar-refractivity contribution >= 4 is 5.91 Å². The van der Waals surface area contributed by atoms with E-state index < -0.39 is 0 Å². The van der Waals surface area contributed by atoms with Gasteiger partial charge in [-0.25, -0.2) is 0 Å². The number of aliphatic hydroxyl groups excluding tert-OH is 1. The maximum absolute atomic E-state index is 11.4. The van der Waals surface area contributed by atoms with Crippen molar-refractivity contribution in [3.8, 4) is 5.75 Å². The molecule has 1 aromatic rings. The van der Waals surface area contributed by atoms with Crippen LogP contribution < -0.4 is 10.1 Å². The first-order chi connectivity index (χ1) is 8.26. The summed E-state index contributed by atoms with van der Waals surface area (Å²) in [5.74, 6) is 0.685. The van der Waals surface area contributed by atoms with E-state index in [1.54, 1.807) is 19.5 Å². The van der Waals surface area contributed by atoms with Crippen LogP contribution in [0.15, 0.2) is 18.5 Å². The average Bonchev–Trinajstić information content (AvgIpc) is 2.37. The maximum atomic E-state index is 11.4. The van der Waals surface area contributed by atoms with Crippen LogP contribution in [-0.4, -0.2) is 36.3 Å². The highest BCUT2D eigenvalue weighted by molar-refractivity contribution is 5.76. The van der Waals surface area contributed by atoms with Gasteiger partial charge in [-0.1, -0.05) is 0 Å². The quantitative estimate of drug-likeness (QED) is 0.679. The maximum Gasteiger partial charge on any atom is 0.220 e. The second kappa shape index (κ2) is 7.62.